The molecule has 2 rings (SSSR count). The number of aromatic amines is 1. The van der Waals surface area contributed by atoms with Crippen molar-refractivity contribution in [2.24, 2.45) is 0 Å². The molecule has 0 spiro atoms. The smallest absolute Gasteiger partial charge is 0.143 e. The first-order valence-corrected chi connectivity index (χ1v) is 3.52. The van der Waals surface area contributed by atoms with Crippen molar-refractivity contribution in [1.82, 2.24) is 15.2 Å². The Labute approximate surface area is 68.9 Å². The number of nitrogens with zero attached hydrogens (tertiary/aromatic N) is 3. The van der Waals surface area contributed by atoms with Crippen LogP contribution in [0.4, 0.5) is 0 Å². The van der Waals surface area contributed by atoms with Gasteiger partial charge in [-0.05, 0) is 6.92 Å². The van der Waals surface area contributed by atoms with E-state index in [2.05, 4.69) is 15.2 Å². The average molecular weight is 158 g/mol. The third kappa shape index (κ3) is 0.839. The first-order valence-electron chi connectivity index (χ1n) is 3.52. The van der Waals surface area contributed by atoms with Crippen LogP contribution in [0, 0.1) is 18.3 Å². The number of nitriles is 1. The minimum absolute atomic E-state index is 0.409. The molecule has 0 aromatic carbocycles. The highest BCUT2D eigenvalue weighted by Gasteiger charge is 2.02. The lowest BCUT2D eigenvalue weighted by Gasteiger charge is -1.93. The second kappa shape index (κ2) is 2.31. The van der Waals surface area contributed by atoms with Crippen molar-refractivity contribution in [3.8, 4) is 6.07 Å². The number of rotatable bonds is 0. The van der Waals surface area contributed by atoms with Crippen molar-refractivity contribution in [2.75, 3.05) is 0 Å². The van der Waals surface area contributed by atoms with E-state index in [-0.39, 0.29) is 0 Å². The van der Waals surface area contributed by atoms with Gasteiger partial charge in [0.1, 0.15) is 11.8 Å². The van der Waals surface area contributed by atoms with Crippen molar-refractivity contribution >= 4 is 10.9 Å². The third-order valence-electron chi connectivity index (χ3n) is 1.74. The number of nitrogens with one attached hydrogen (secondary N) is 1. The van der Waals surface area contributed by atoms with Gasteiger partial charge in [-0.3, -0.25) is 5.10 Å². The zero-order chi connectivity index (χ0) is 8.55. The molecule has 2 aromatic rings. The summed E-state index contributed by atoms with van der Waals surface area (Å²) >= 11 is 0. The van der Waals surface area contributed by atoms with Crippen LogP contribution in [0.15, 0.2) is 12.3 Å². The molecular formula is C8H6N4. The summed E-state index contributed by atoms with van der Waals surface area (Å²) in [7, 11) is 0. The number of aryl methyl sites for hydroxylation is 1. The minimum Gasteiger partial charge on any atom is -0.284 e. The van der Waals surface area contributed by atoms with Crippen LogP contribution < -0.4 is 0 Å². The molecule has 58 valence electrons. The van der Waals surface area contributed by atoms with E-state index in [1.165, 1.54) is 0 Å². The molecule has 0 unspecified atom stereocenters. The molecule has 0 atom stereocenters. The van der Waals surface area contributed by atoms with Gasteiger partial charge in [0.15, 0.2) is 0 Å². The summed E-state index contributed by atoms with van der Waals surface area (Å²) in [5.74, 6) is 0. The van der Waals surface area contributed by atoms with E-state index in [9.17, 15) is 0 Å². The predicted molar refractivity (Wildman–Crippen MR) is 43.3 cm³/mol. The van der Waals surface area contributed by atoms with E-state index in [4.69, 9.17) is 5.26 Å². The predicted octanol–water partition coefficient (Wildman–Crippen LogP) is 1.14. The Balaban J connectivity index is 2.86. The number of aromatic nitrogens is 3. The Morgan fingerprint density at radius 2 is 2.42 bits per heavy atom. The molecule has 0 bridgehead atoms. The van der Waals surface area contributed by atoms with Crippen LogP contribution in [0.25, 0.3) is 10.9 Å². The lowest BCUT2D eigenvalue weighted by molar-refractivity contribution is 1.12. The van der Waals surface area contributed by atoms with Gasteiger partial charge < -0.3 is 0 Å². The summed E-state index contributed by atoms with van der Waals surface area (Å²) in [4.78, 5) is 4.07. The fourth-order valence-electron chi connectivity index (χ4n) is 1.16. The first kappa shape index (κ1) is 6.80. The van der Waals surface area contributed by atoms with Gasteiger partial charge in [-0.2, -0.15) is 10.4 Å². The van der Waals surface area contributed by atoms with Crippen LogP contribution in [-0.4, -0.2) is 15.2 Å². The van der Waals surface area contributed by atoms with Gasteiger partial charge in [0, 0.05) is 23.3 Å². The van der Waals surface area contributed by atoms with Crippen molar-refractivity contribution in [2.45, 2.75) is 6.92 Å². The van der Waals surface area contributed by atoms with Crippen molar-refractivity contribution in [1.29, 1.82) is 5.26 Å². The van der Waals surface area contributed by atoms with Crippen molar-refractivity contribution in [3.05, 3.63) is 23.7 Å². The molecule has 1 N–H and O–H groups in total. The van der Waals surface area contributed by atoms with Gasteiger partial charge in [-0.1, -0.05) is 0 Å². The monoisotopic (exact) mass is 158 g/mol. The molecule has 0 radical (unpaired) electrons. The SMILES string of the molecule is Cc1nc(C#N)cc2n[nH]cc12. The zero-order valence-corrected chi connectivity index (χ0v) is 6.50. The Kier molecular flexibility index (Phi) is 1.31. The molecule has 0 saturated carbocycles. The number of pyridine rings is 1. The largest absolute Gasteiger partial charge is 0.284 e. The van der Waals surface area contributed by atoms with Crippen LogP contribution in [0.2, 0.25) is 0 Å². The maximum atomic E-state index is 8.61. The molecular weight excluding hydrogens is 152 g/mol. The minimum atomic E-state index is 0.409. The number of hydrogen-bond donors (Lipinski definition) is 1. The summed E-state index contributed by atoms with van der Waals surface area (Å²) < 4.78 is 0. The third-order valence-corrected chi connectivity index (χ3v) is 1.74. The molecule has 12 heavy (non-hydrogen) atoms. The average Bonchev–Trinajstić information content (AvgIpc) is 2.52. The van der Waals surface area contributed by atoms with Crippen LogP contribution in [0.1, 0.15) is 11.4 Å². The summed E-state index contributed by atoms with van der Waals surface area (Å²) in [6, 6.07) is 3.65. The summed E-state index contributed by atoms with van der Waals surface area (Å²) in [5.41, 5.74) is 2.03. The molecule has 0 aliphatic carbocycles. The zero-order valence-electron chi connectivity index (χ0n) is 6.50. The molecule has 0 saturated heterocycles. The molecule has 2 heterocycles. The Morgan fingerprint density at radius 3 is 3.17 bits per heavy atom. The topological polar surface area (TPSA) is 65.4 Å². The highest BCUT2D eigenvalue weighted by atomic mass is 15.1. The lowest BCUT2D eigenvalue weighted by atomic mass is 10.2. The molecule has 2 aromatic heterocycles. The highest BCUT2D eigenvalue weighted by Crippen LogP contribution is 2.13. The Bertz CT molecular complexity index is 463. The quantitative estimate of drug-likeness (QED) is 0.625. The van der Waals surface area contributed by atoms with E-state index in [0.717, 1.165) is 16.6 Å². The van der Waals surface area contributed by atoms with E-state index in [0.29, 0.717) is 5.69 Å². The van der Waals surface area contributed by atoms with Crippen molar-refractivity contribution in [3.63, 3.8) is 0 Å². The van der Waals surface area contributed by atoms with Crippen LogP contribution >= 0.6 is 0 Å². The van der Waals surface area contributed by atoms with E-state index in [1.807, 2.05) is 13.0 Å². The molecule has 0 aliphatic rings. The van der Waals surface area contributed by atoms with E-state index < -0.39 is 0 Å². The van der Waals surface area contributed by atoms with Crippen LogP contribution in [0.5, 0.6) is 0 Å². The van der Waals surface area contributed by atoms with E-state index in [1.54, 1.807) is 12.3 Å². The Morgan fingerprint density at radius 1 is 1.58 bits per heavy atom. The van der Waals surface area contributed by atoms with Gasteiger partial charge >= 0.3 is 0 Å². The van der Waals surface area contributed by atoms with Gasteiger partial charge in [0.25, 0.3) is 0 Å². The van der Waals surface area contributed by atoms with Crippen LogP contribution in [-0.2, 0) is 0 Å². The van der Waals surface area contributed by atoms with Crippen LogP contribution in [0.3, 0.4) is 0 Å². The summed E-state index contributed by atoms with van der Waals surface area (Å²) in [6.07, 6.45) is 1.78. The Hall–Kier alpha value is -1.89. The molecule has 4 heteroatoms. The van der Waals surface area contributed by atoms with Gasteiger partial charge in [0.2, 0.25) is 0 Å². The fraction of sp³-hybridized carbons (Fsp3) is 0.125. The number of H-pyrrole nitrogens is 1. The molecule has 0 aliphatic heterocycles. The van der Waals surface area contributed by atoms with Gasteiger partial charge in [-0.15, -0.1) is 0 Å². The molecule has 0 amide bonds. The lowest BCUT2D eigenvalue weighted by Crippen LogP contribution is -1.86. The highest BCUT2D eigenvalue weighted by molar-refractivity contribution is 5.80. The van der Waals surface area contributed by atoms with Gasteiger partial charge in [0.05, 0.1) is 5.52 Å². The maximum Gasteiger partial charge on any atom is 0.143 e. The maximum absolute atomic E-state index is 8.61. The summed E-state index contributed by atoms with van der Waals surface area (Å²) in [6.45, 7) is 1.86. The normalized spacial score (nSPS) is 10.0. The fourth-order valence-corrected chi connectivity index (χ4v) is 1.16. The molecule has 4 nitrogen and oxygen atoms in total. The van der Waals surface area contributed by atoms with Gasteiger partial charge in [-0.25, -0.2) is 4.98 Å². The summed E-state index contributed by atoms with van der Waals surface area (Å²) in [5, 5.41) is 16.3. The second-order valence-corrected chi connectivity index (χ2v) is 2.52. The van der Waals surface area contributed by atoms with E-state index >= 15 is 0 Å². The second-order valence-electron chi connectivity index (χ2n) is 2.52. The number of fused-ring (bicyclic) bond motifs is 1. The molecule has 0 fully saturated rings. The van der Waals surface area contributed by atoms with Crippen molar-refractivity contribution < 1.29 is 0 Å². The number of hydrogen-bond acceptors (Lipinski definition) is 3. The first-order chi connectivity index (χ1) is 5.81. The standard InChI is InChI=1S/C8H6N4/c1-5-7-4-10-12-8(7)2-6(3-9)11-5/h2,4H,1H3,(H,10,12).